The minimum Gasteiger partial charge on any atom is -0.480 e. The van der Waals surface area contributed by atoms with Gasteiger partial charge in [0.05, 0.1) is 5.69 Å². The Labute approximate surface area is 124 Å². The van der Waals surface area contributed by atoms with Crippen LogP contribution >= 0.6 is 0 Å². The fourth-order valence-electron chi connectivity index (χ4n) is 2.89. The maximum Gasteiger partial charge on any atom is 0.320 e. The highest BCUT2D eigenvalue weighted by atomic mass is 16.4. The number of pyridine rings is 1. The van der Waals surface area contributed by atoms with Crippen molar-refractivity contribution in [2.75, 3.05) is 6.54 Å². The quantitative estimate of drug-likeness (QED) is 0.937. The fourth-order valence-corrected chi connectivity index (χ4v) is 2.89. The van der Waals surface area contributed by atoms with Gasteiger partial charge in [0.25, 0.3) is 0 Å². The molecule has 0 aliphatic carbocycles. The molecule has 0 spiro atoms. The standard InChI is InChI=1S/C17H18N2O2/c20-17(21)16-8-4-10-19(16)12-13-5-3-6-14(11-13)15-7-1-2-9-18-15/h1-3,5-7,9,11,16H,4,8,10,12H2,(H,20,21). The second kappa shape index (κ2) is 6.06. The van der Waals surface area contributed by atoms with Crippen molar-refractivity contribution in [1.82, 2.24) is 9.88 Å². The Bertz CT molecular complexity index is 628. The van der Waals surface area contributed by atoms with Gasteiger partial charge in [-0.1, -0.05) is 24.3 Å². The number of nitrogens with zero attached hydrogens (tertiary/aromatic N) is 2. The number of benzene rings is 1. The zero-order valence-corrected chi connectivity index (χ0v) is 11.8. The van der Waals surface area contributed by atoms with Crippen molar-refractivity contribution in [3.8, 4) is 11.3 Å². The van der Waals surface area contributed by atoms with Crippen molar-refractivity contribution in [1.29, 1.82) is 0 Å². The number of carboxylic acids is 1. The molecule has 1 aliphatic heterocycles. The Hall–Kier alpha value is -2.20. The zero-order valence-electron chi connectivity index (χ0n) is 11.8. The maximum absolute atomic E-state index is 11.2. The lowest BCUT2D eigenvalue weighted by Crippen LogP contribution is -2.35. The molecule has 1 aliphatic rings. The van der Waals surface area contributed by atoms with E-state index < -0.39 is 5.97 Å². The van der Waals surface area contributed by atoms with E-state index in [9.17, 15) is 9.90 Å². The maximum atomic E-state index is 11.2. The predicted octanol–water partition coefficient (Wildman–Crippen LogP) is 2.80. The van der Waals surface area contributed by atoms with Gasteiger partial charge in [0.1, 0.15) is 6.04 Å². The van der Waals surface area contributed by atoms with Crippen LogP contribution in [0.4, 0.5) is 0 Å². The number of hydrogen-bond donors (Lipinski definition) is 1. The highest BCUT2D eigenvalue weighted by Gasteiger charge is 2.30. The number of likely N-dealkylation sites (tertiary alicyclic amines) is 1. The Morgan fingerprint density at radius 1 is 1.29 bits per heavy atom. The van der Waals surface area contributed by atoms with Gasteiger partial charge in [-0.3, -0.25) is 14.7 Å². The van der Waals surface area contributed by atoms with Crippen molar-refractivity contribution >= 4 is 5.97 Å². The summed E-state index contributed by atoms with van der Waals surface area (Å²) in [6.07, 6.45) is 3.48. The first-order chi connectivity index (χ1) is 10.2. The first-order valence-corrected chi connectivity index (χ1v) is 7.21. The molecule has 1 aromatic heterocycles. The molecule has 0 amide bonds. The van der Waals surface area contributed by atoms with E-state index in [1.807, 2.05) is 41.3 Å². The first-order valence-electron chi connectivity index (χ1n) is 7.21. The summed E-state index contributed by atoms with van der Waals surface area (Å²) in [5, 5.41) is 9.24. The summed E-state index contributed by atoms with van der Waals surface area (Å²) in [5.74, 6) is -0.714. The van der Waals surface area contributed by atoms with Crippen LogP contribution in [0.1, 0.15) is 18.4 Å². The van der Waals surface area contributed by atoms with Crippen LogP contribution in [0.15, 0.2) is 48.7 Å². The van der Waals surface area contributed by atoms with Crippen molar-refractivity contribution in [2.24, 2.45) is 0 Å². The van der Waals surface area contributed by atoms with Crippen LogP contribution in [0.2, 0.25) is 0 Å². The Morgan fingerprint density at radius 2 is 2.19 bits per heavy atom. The highest BCUT2D eigenvalue weighted by molar-refractivity contribution is 5.73. The Kier molecular flexibility index (Phi) is 3.97. The van der Waals surface area contributed by atoms with Crippen LogP contribution in [-0.2, 0) is 11.3 Å². The van der Waals surface area contributed by atoms with E-state index in [1.54, 1.807) is 6.20 Å². The molecule has 3 rings (SSSR count). The molecule has 2 aromatic rings. The second-order valence-corrected chi connectivity index (χ2v) is 5.38. The largest absolute Gasteiger partial charge is 0.480 e. The summed E-state index contributed by atoms with van der Waals surface area (Å²) in [6, 6.07) is 13.7. The normalized spacial score (nSPS) is 18.8. The molecule has 0 bridgehead atoms. The van der Waals surface area contributed by atoms with Crippen molar-refractivity contribution in [3.05, 3.63) is 54.2 Å². The van der Waals surface area contributed by atoms with E-state index in [2.05, 4.69) is 11.1 Å². The molecular weight excluding hydrogens is 264 g/mol. The predicted molar refractivity (Wildman–Crippen MR) is 80.7 cm³/mol. The van der Waals surface area contributed by atoms with E-state index in [0.29, 0.717) is 6.54 Å². The molecule has 21 heavy (non-hydrogen) atoms. The molecule has 1 aromatic carbocycles. The molecular formula is C17H18N2O2. The smallest absolute Gasteiger partial charge is 0.320 e. The van der Waals surface area contributed by atoms with Gasteiger partial charge < -0.3 is 5.11 Å². The minimum absolute atomic E-state index is 0.344. The van der Waals surface area contributed by atoms with Crippen LogP contribution in [0.3, 0.4) is 0 Å². The highest BCUT2D eigenvalue weighted by Crippen LogP contribution is 2.23. The van der Waals surface area contributed by atoms with E-state index in [1.165, 1.54) is 0 Å². The van der Waals surface area contributed by atoms with E-state index in [4.69, 9.17) is 0 Å². The number of aliphatic carboxylic acids is 1. The molecule has 2 heterocycles. The summed E-state index contributed by atoms with van der Waals surface area (Å²) >= 11 is 0. The monoisotopic (exact) mass is 282 g/mol. The number of hydrogen-bond acceptors (Lipinski definition) is 3. The summed E-state index contributed by atoms with van der Waals surface area (Å²) in [5.41, 5.74) is 3.14. The number of rotatable bonds is 4. The van der Waals surface area contributed by atoms with Crippen LogP contribution in [-0.4, -0.2) is 33.5 Å². The third-order valence-corrected chi connectivity index (χ3v) is 3.92. The van der Waals surface area contributed by atoms with Crippen molar-refractivity contribution in [2.45, 2.75) is 25.4 Å². The Morgan fingerprint density at radius 3 is 2.95 bits per heavy atom. The number of carbonyl (C=O) groups is 1. The number of carboxylic acid groups (broad SMARTS) is 1. The molecule has 4 heteroatoms. The molecule has 1 fully saturated rings. The average Bonchev–Trinajstić information content (AvgIpc) is 2.97. The van der Waals surface area contributed by atoms with Gasteiger partial charge in [0.2, 0.25) is 0 Å². The lowest BCUT2D eigenvalue weighted by Gasteiger charge is -2.21. The minimum atomic E-state index is -0.714. The van der Waals surface area contributed by atoms with Gasteiger partial charge in [-0.05, 0) is 43.1 Å². The van der Waals surface area contributed by atoms with Crippen molar-refractivity contribution < 1.29 is 9.90 Å². The topological polar surface area (TPSA) is 53.4 Å². The molecule has 0 saturated carbocycles. The molecule has 4 nitrogen and oxygen atoms in total. The third kappa shape index (κ3) is 3.11. The van der Waals surface area contributed by atoms with Crippen LogP contribution in [0.25, 0.3) is 11.3 Å². The zero-order chi connectivity index (χ0) is 14.7. The summed E-state index contributed by atoms with van der Waals surface area (Å²) in [6.45, 7) is 1.53. The van der Waals surface area contributed by atoms with Crippen molar-refractivity contribution in [3.63, 3.8) is 0 Å². The summed E-state index contributed by atoms with van der Waals surface area (Å²) in [4.78, 5) is 17.6. The van der Waals surface area contributed by atoms with Gasteiger partial charge in [0, 0.05) is 18.3 Å². The third-order valence-electron chi connectivity index (χ3n) is 3.92. The van der Waals surface area contributed by atoms with Crippen LogP contribution in [0.5, 0.6) is 0 Å². The van der Waals surface area contributed by atoms with Gasteiger partial charge in [-0.15, -0.1) is 0 Å². The summed E-state index contributed by atoms with van der Waals surface area (Å²) < 4.78 is 0. The molecule has 108 valence electrons. The summed E-state index contributed by atoms with van der Waals surface area (Å²) in [7, 11) is 0. The fraction of sp³-hybridized carbons (Fsp3) is 0.294. The average molecular weight is 282 g/mol. The second-order valence-electron chi connectivity index (χ2n) is 5.38. The van der Waals surface area contributed by atoms with E-state index in [0.717, 1.165) is 36.2 Å². The van der Waals surface area contributed by atoms with E-state index in [-0.39, 0.29) is 6.04 Å². The molecule has 1 N–H and O–H groups in total. The van der Waals surface area contributed by atoms with Gasteiger partial charge in [-0.2, -0.15) is 0 Å². The molecule has 1 atom stereocenters. The van der Waals surface area contributed by atoms with Crippen LogP contribution in [0, 0.1) is 0 Å². The van der Waals surface area contributed by atoms with Gasteiger partial charge in [0.15, 0.2) is 0 Å². The van der Waals surface area contributed by atoms with Gasteiger partial charge in [-0.25, -0.2) is 0 Å². The SMILES string of the molecule is O=C(O)C1CCCN1Cc1cccc(-c2ccccn2)c1. The molecule has 0 radical (unpaired) electrons. The van der Waals surface area contributed by atoms with Gasteiger partial charge >= 0.3 is 5.97 Å². The van der Waals surface area contributed by atoms with Crippen LogP contribution < -0.4 is 0 Å². The molecule has 1 saturated heterocycles. The Balaban J connectivity index is 1.79. The first kappa shape index (κ1) is 13.8. The number of aromatic nitrogens is 1. The molecule has 1 unspecified atom stereocenters. The van der Waals surface area contributed by atoms with E-state index >= 15 is 0 Å². The lowest BCUT2D eigenvalue weighted by molar-refractivity contribution is -0.142. The lowest BCUT2D eigenvalue weighted by atomic mass is 10.1.